The fourth-order valence-electron chi connectivity index (χ4n) is 1.47. The first-order valence-electron chi connectivity index (χ1n) is 5.66. The number of nitrogen functional groups attached to an aromatic ring is 1. The molecule has 0 aromatic carbocycles. The molecule has 0 aliphatic heterocycles. The molecule has 0 atom stereocenters. The molecule has 2 rings (SSSR count). The lowest BCUT2D eigenvalue weighted by atomic mass is 10.3. The number of nitrogens with zero attached hydrogens (tertiary/aromatic N) is 2. The van der Waals surface area contributed by atoms with Crippen molar-refractivity contribution in [1.29, 1.82) is 0 Å². The molecule has 2 heterocycles. The molecule has 8 heteroatoms. The first-order valence-corrected chi connectivity index (χ1v) is 7.25. The summed E-state index contributed by atoms with van der Waals surface area (Å²) in [6, 6.07) is 0. The number of aromatic nitrogens is 2. The van der Waals surface area contributed by atoms with E-state index in [2.05, 4.69) is 26.3 Å². The van der Waals surface area contributed by atoms with E-state index < -0.39 is 5.97 Å². The SMILES string of the molecule is CCc1cnc(CNc2snc(N)c2C(=O)OC)s1. The van der Waals surface area contributed by atoms with Crippen LogP contribution in [0, 0.1) is 0 Å². The molecule has 0 fully saturated rings. The number of nitrogens with one attached hydrogen (secondary N) is 1. The molecule has 102 valence electrons. The van der Waals surface area contributed by atoms with Gasteiger partial charge in [-0.05, 0) is 18.0 Å². The summed E-state index contributed by atoms with van der Waals surface area (Å²) >= 11 is 2.78. The first-order chi connectivity index (χ1) is 9.15. The summed E-state index contributed by atoms with van der Waals surface area (Å²) < 4.78 is 8.64. The summed E-state index contributed by atoms with van der Waals surface area (Å²) in [4.78, 5) is 17.1. The third-order valence-electron chi connectivity index (χ3n) is 2.46. The predicted octanol–water partition coefficient (Wildman–Crippen LogP) is 2.14. The topological polar surface area (TPSA) is 90.1 Å². The minimum atomic E-state index is -0.484. The number of carbonyl (C=O) groups is 1. The van der Waals surface area contributed by atoms with Gasteiger partial charge in [0.15, 0.2) is 5.82 Å². The molecule has 0 spiro atoms. The second-order valence-corrected chi connectivity index (χ2v) is 5.66. The van der Waals surface area contributed by atoms with Crippen molar-refractivity contribution in [3.8, 4) is 0 Å². The third kappa shape index (κ3) is 3.02. The van der Waals surface area contributed by atoms with E-state index in [0.717, 1.165) is 23.0 Å². The number of ether oxygens (including phenoxy) is 1. The predicted molar refractivity (Wildman–Crippen MR) is 76.7 cm³/mol. The molecule has 3 N–H and O–H groups in total. The van der Waals surface area contributed by atoms with Crippen LogP contribution in [0.4, 0.5) is 10.8 Å². The molecule has 6 nitrogen and oxygen atoms in total. The molecular formula is C11H14N4O2S2. The van der Waals surface area contributed by atoms with Gasteiger partial charge in [-0.3, -0.25) is 0 Å². The Morgan fingerprint density at radius 2 is 2.37 bits per heavy atom. The molecule has 0 aliphatic carbocycles. The van der Waals surface area contributed by atoms with Crippen LogP contribution in [0.15, 0.2) is 6.20 Å². The second-order valence-electron chi connectivity index (χ2n) is 3.69. The van der Waals surface area contributed by atoms with Crippen LogP contribution in [0.2, 0.25) is 0 Å². The molecule has 0 aliphatic rings. The quantitative estimate of drug-likeness (QED) is 0.822. The van der Waals surface area contributed by atoms with E-state index >= 15 is 0 Å². The number of thiazole rings is 1. The fourth-order valence-corrected chi connectivity index (χ4v) is 2.97. The number of aryl methyl sites for hydroxylation is 1. The summed E-state index contributed by atoms with van der Waals surface area (Å²) in [5.41, 5.74) is 5.95. The summed E-state index contributed by atoms with van der Waals surface area (Å²) in [5.74, 6) is -0.296. The zero-order chi connectivity index (χ0) is 13.8. The monoisotopic (exact) mass is 298 g/mol. The molecule has 0 radical (unpaired) electrons. The lowest BCUT2D eigenvalue weighted by Crippen LogP contribution is -2.08. The largest absolute Gasteiger partial charge is 0.465 e. The number of hydrogen-bond donors (Lipinski definition) is 2. The first kappa shape index (κ1) is 13.8. The normalized spacial score (nSPS) is 10.4. The van der Waals surface area contributed by atoms with Gasteiger partial charge in [0.05, 0.1) is 13.7 Å². The van der Waals surface area contributed by atoms with Gasteiger partial charge >= 0.3 is 5.97 Å². The Labute approximate surface area is 118 Å². The van der Waals surface area contributed by atoms with Crippen molar-refractivity contribution in [3.63, 3.8) is 0 Å². The van der Waals surface area contributed by atoms with Crippen molar-refractivity contribution >= 4 is 39.7 Å². The Balaban J connectivity index is 2.09. The van der Waals surface area contributed by atoms with Crippen molar-refractivity contribution in [2.45, 2.75) is 19.9 Å². The highest BCUT2D eigenvalue weighted by atomic mass is 32.1. The van der Waals surface area contributed by atoms with Crippen LogP contribution in [-0.4, -0.2) is 22.4 Å². The zero-order valence-corrected chi connectivity index (χ0v) is 12.2. The minimum absolute atomic E-state index is 0.188. The van der Waals surface area contributed by atoms with Gasteiger partial charge in [-0.1, -0.05) is 6.92 Å². The Kier molecular flexibility index (Phi) is 4.33. The van der Waals surface area contributed by atoms with E-state index in [1.54, 1.807) is 11.3 Å². The number of anilines is 2. The number of rotatable bonds is 5. The van der Waals surface area contributed by atoms with Crippen LogP contribution in [-0.2, 0) is 17.7 Å². The molecular weight excluding hydrogens is 284 g/mol. The van der Waals surface area contributed by atoms with E-state index in [9.17, 15) is 4.79 Å². The van der Waals surface area contributed by atoms with Gasteiger partial charge < -0.3 is 15.8 Å². The van der Waals surface area contributed by atoms with Crippen LogP contribution in [0.25, 0.3) is 0 Å². The average Bonchev–Trinajstić information content (AvgIpc) is 3.02. The third-order valence-corrected chi connectivity index (χ3v) is 4.42. The molecule has 19 heavy (non-hydrogen) atoms. The highest BCUT2D eigenvalue weighted by Gasteiger charge is 2.19. The van der Waals surface area contributed by atoms with Gasteiger partial charge in [0.25, 0.3) is 0 Å². The van der Waals surface area contributed by atoms with E-state index in [4.69, 9.17) is 5.73 Å². The van der Waals surface area contributed by atoms with Gasteiger partial charge in [0, 0.05) is 11.1 Å². The average molecular weight is 298 g/mol. The lowest BCUT2D eigenvalue weighted by molar-refractivity contribution is 0.0603. The van der Waals surface area contributed by atoms with E-state index in [-0.39, 0.29) is 5.82 Å². The number of esters is 1. The van der Waals surface area contributed by atoms with Crippen LogP contribution in [0.5, 0.6) is 0 Å². The Bertz CT molecular complexity index is 579. The van der Waals surface area contributed by atoms with Gasteiger partial charge in [0.2, 0.25) is 0 Å². The standard InChI is InChI=1S/C11H14N4O2S2/c1-3-6-4-13-7(18-6)5-14-10-8(11(16)17-2)9(12)15-19-10/h4,14H,3,5H2,1-2H3,(H2,12,15). The van der Waals surface area contributed by atoms with E-state index in [1.165, 1.54) is 12.0 Å². The van der Waals surface area contributed by atoms with Crippen molar-refractivity contribution in [3.05, 3.63) is 21.6 Å². The van der Waals surface area contributed by atoms with Crippen LogP contribution in [0.3, 0.4) is 0 Å². The van der Waals surface area contributed by atoms with Gasteiger partial charge in [0.1, 0.15) is 15.6 Å². The van der Waals surface area contributed by atoms with Crippen molar-refractivity contribution in [2.24, 2.45) is 0 Å². The Morgan fingerprint density at radius 3 is 3.00 bits per heavy atom. The maximum absolute atomic E-state index is 11.6. The molecule has 2 aromatic rings. The fraction of sp³-hybridized carbons (Fsp3) is 0.364. The Morgan fingerprint density at radius 1 is 1.58 bits per heavy atom. The van der Waals surface area contributed by atoms with Gasteiger partial charge in [-0.25, -0.2) is 9.78 Å². The van der Waals surface area contributed by atoms with Crippen LogP contribution < -0.4 is 11.1 Å². The number of methoxy groups -OCH3 is 1. The highest BCUT2D eigenvalue weighted by molar-refractivity contribution is 7.12. The van der Waals surface area contributed by atoms with E-state index in [1.807, 2.05) is 6.20 Å². The van der Waals surface area contributed by atoms with Gasteiger partial charge in [-0.15, -0.1) is 11.3 Å². The molecule has 0 saturated carbocycles. The van der Waals surface area contributed by atoms with Crippen molar-refractivity contribution in [1.82, 2.24) is 9.36 Å². The van der Waals surface area contributed by atoms with Crippen LogP contribution in [0.1, 0.15) is 27.2 Å². The Hall–Kier alpha value is -1.67. The molecule has 0 amide bonds. The van der Waals surface area contributed by atoms with Gasteiger partial charge in [-0.2, -0.15) is 4.37 Å². The summed E-state index contributed by atoms with van der Waals surface area (Å²) in [7, 11) is 1.32. The maximum atomic E-state index is 11.6. The smallest absolute Gasteiger partial charge is 0.344 e. The minimum Gasteiger partial charge on any atom is -0.465 e. The molecule has 0 saturated heterocycles. The highest BCUT2D eigenvalue weighted by Crippen LogP contribution is 2.28. The summed E-state index contributed by atoms with van der Waals surface area (Å²) in [6.45, 7) is 2.63. The summed E-state index contributed by atoms with van der Waals surface area (Å²) in [6.07, 6.45) is 2.84. The van der Waals surface area contributed by atoms with Crippen molar-refractivity contribution < 1.29 is 9.53 Å². The molecule has 0 unspecified atom stereocenters. The second kappa shape index (κ2) is 5.98. The number of hydrogen-bond acceptors (Lipinski definition) is 8. The van der Waals surface area contributed by atoms with E-state index in [0.29, 0.717) is 17.1 Å². The summed E-state index contributed by atoms with van der Waals surface area (Å²) in [5, 5.41) is 4.69. The van der Waals surface area contributed by atoms with Crippen LogP contribution >= 0.6 is 22.9 Å². The van der Waals surface area contributed by atoms with Crippen molar-refractivity contribution in [2.75, 3.05) is 18.2 Å². The number of nitrogens with two attached hydrogens (primary N) is 1. The molecule has 2 aromatic heterocycles. The maximum Gasteiger partial charge on any atom is 0.344 e. The number of carbonyl (C=O) groups excluding carboxylic acids is 1. The zero-order valence-electron chi connectivity index (χ0n) is 10.6. The lowest BCUT2D eigenvalue weighted by Gasteiger charge is -2.03. The molecule has 0 bridgehead atoms.